The van der Waals surface area contributed by atoms with Crippen molar-refractivity contribution in [3.63, 3.8) is 0 Å². The number of anilines is 1. The van der Waals surface area contributed by atoms with E-state index >= 15 is 0 Å². The van der Waals surface area contributed by atoms with E-state index in [0.29, 0.717) is 6.54 Å². The molecular formula is C36H34N4. The van der Waals surface area contributed by atoms with Gasteiger partial charge in [-0.05, 0) is 80.2 Å². The molecular weight excluding hydrogens is 488 g/mol. The fourth-order valence-electron chi connectivity index (χ4n) is 5.54. The van der Waals surface area contributed by atoms with Crippen LogP contribution in [0.3, 0.4) is 0 Å². The van der Waals surface area contributed by atoms with Crippen LogP contribution in [0, 0.1) is 0 Å². The van der Waals surface area contributed by atoms with Gasteiger partial charge < -0.3 is 22.1 Å². The van der Waals surface area contributed by atoms with Crippen LogP contribution in [0.15, 0.2) is 127 Å². The summed E-state index contributed by atoms with van der Waals surface area (Å²) in [6, 6.07) is 44.5. The van der Waals surface area contributed by atoms with Crippen LogP contribution < -0.4 is 22.1 Å². The Morgan fingerprint density at radius 1 is 0.625 bits per heavy atom. The summed E-state index contributed by atoms with van der Waals surface area (Å²) in [5, 5.41) is 11.5. The van der Waals surface area contributed by atoms with E-state index in [-0.39, 0.29) is 12.2 Å². The molecule has 198 valence electrons. The maximum Gasteiger partial charge on any atom is 0.0807 e. The minimum absolute atomic E-state index is 0.168. The quantitative estimate of drug-likeness (QED) is 0.156. The number of fused-ring (bicyclic) bond motifs is 2. The molecule has 0 saturated carbocycles. The Bertz CT molecular complexity index is 1780. The van der Waals surface area contributed by atoms with E-state index in [1.807, 2.05) is 7.05 Å². The highest BCUT2D eigenvalue weighted by Gasteiger charge is 2.17. The van der Waals surface area contributed by atoms with Crippen LogP contribution in [0.4, 0.5) is 5.69 Å². The van der Waals surface area contributed by atoms with E-state index in [1.165, 1.54) is 38.2 Å². The normalized spacial score (nSPS) is 12.9. The summed E-state index contributed by atoms with van der Waals surface area (Å²) in [6.45, 7) is 0.700. The van der Waals surface area contributed by atoms with Gasteiger partial charge in [0.25, 0.3) is 0 Å². The van der Waals surface area contributed by atoms with Crippen LogP contribution in [0.5, 0.6) is 0 Å². The number of nitrogens with two attached hydrogens (primary N) is 2. The molecule has 0 spiro atoms. The van der Waals surface area contributed by atoms with Crippen LogP contribution in [-0.2, 0) is 6.54 Å². The van der Waals surface area contributed by atoms with Crippen molar-refractivity contribution < 1.29 is 0 Å². The Morgan fingerprint density at radius 2 is 1.32 bits per heavy atom. The van der Waals surface area contributed by atoms with Crippen molar-refractivity contribution in [3.05, 3.63) is 150 Å². The Hall–Kier alpha value is -4.48. The van der Waals surface area contributed by atoms with Crippen molar-refractivity contribution in [2.24, 2.45) is 11.5 Å². The maximum absolute atomic E-state index is 7.01. The van der Waals surface area contributed by atoms with Gasteiger partial charge in [-0.1, -0.05) is 109 Å². The number of rotatable bonds is 8. The lowest BCUT2D eigenvalue weighted by atomic mass is 9.89. The molecule has 4 heteroatoms. The summed E-state index contributed by atoms with van der Waals surface area (Å²) in [6.07, 6.45) is -0.168. The van der Waals surface area contributed by atoms with E-state index in [0.717, 1.165) is 22.4 Å². The first-order chi connectivity index (χ1) is 19.6. The third-order valence-electron chi connectivity index (χ3n) is 7.76. The minimum Gasteiger partial charge on any atom is -0.381 e. The van der Waals surface area contributed by atoms with Crippen LogP contribution in [0.2, 0.25) is 0 Å². The van der Waals surface area contributed by atoms with Gasteiger partial charge in [-0.25, -0.2) is 0 Å². The van der Waals surface area contributed by atoms with Gasteiger partial charge in [-0.15, -0.1) is 0 Å². The van der Waals surface area contributed by atoms with E-state index in [1.54, 1.807) is 0 Å². The molecule has 4 nitrogen and oxygen atoms in total. The molecule has 0 heterocycles. The second kappa shape index (κ2) is 11.3. The standard InChI is InChI=1S/C36H34N4/c1-39-36(38)28-18-17-26-21-24(15-16-27(26)22-28)23-40-34-14-8-7-13-33(34)35(37)32-20-19-29(25-9-3-2-4-10-25)30-11-5-6-12-31(30)32/h2-22,35-36,39-40H,23,37-38H2,1H3. The van der Waals surface area contributed by atoms with Crippen LogP contribution in [0.1, 0.15) is 34.5 Å². The first kappa shape index (κ1) is 25.8. The van der Waals surface area contributed by atoms with Gasteiger partial charge in [-0.2, -0.15) is 0 Å². The molecule has 2 unspecified atom stereocenters. The largest absolute Gasteiger partial charge is 0.381 e. The first-order valence-corrected chi connectivity index (χ1v) is 13.7. The highest BCUT2D eigenvalue weighted by molar-refractivity contribution is 5.99. The zero-order valence-corrected chi connectivity index (χ0v) is 22.6. The Kier molecular flexibility index (Phi) is 7.30. The van der Waals surface area contributed by atoms with Crippen LogP contribution in [0.25, 0.3) is 32.7 Å². The smallest absolute Gasteiger partial charge is 0.0807 e. The number of hydrogen-bond donors (Lipinski definition) is 4. The molecule has 0 aliphatic rings. The summed E-state index contributed by atoms with van der Waals surface area (Å²) in [4.78, 5) is 0. The number of para-hydroxylation sites is 1. The third kappa shape index (κ3) is 5.08. The Morgan fingerprint density at radius 3 is 2.15 bits per heavy atom. The molecule has 6 N–H and O–H groups in total. The number of hydrogen-bond acceptors (Lipinski definition) is 4. The van der Waals surface area contributed by atoms with E-state index < -0.39 is 0 Å². The molecule has 40 heavy (non-hydrogen) atoms. The SMILES string of the molecule is CNC(N)c1ccc2cc(CNc3ccccc3C(N)c3ccc(-c4ccccc4)c4ccccc34)ccc2c1. The van der Waals surface area contributed by atoms with Gasteiger partial charge >= 0.3 is 0 Å². The van der Waals surface area contributed by atoms with Crippen LogP contribution in [-0.4, -0.2) is 7.05 Å². The lowest BCUT2D eigenvalue weighted by Gasteiger charge is -2.21. The van der Waals surface area contributed by atoms with Crippen molar-refractivity contribution in [1.29, 1.82) is 0 Å². The Balaban J connectivity index is 1.28. The predicted octanol–water partition coefficient (Wildman–Crippen LogP) is 7.50. The molecule has 0 fully saturated rings. The fraction of sp³-hybridized carbons (Fsp3) is 0.111. The van der Waals surface area contributed by atoms with E-state index in [9.17, 15) is 0 Å². The zero-order valence-electron chi connectivity index (χ0n) is 22.6. The van der Waals surface area contributed by atoms with Crippen LogP contribution >= 0.6 is 0 Å². The second-order valence-electron chi connectivity index (χ2n) is 10.2. The molecule has 2 atom stereocenters. The van der Waals surface area contributed by atoms with E-state index in [4.69, 9.17) is 11.5 Å². The lowest BCUT2D eigenvalue weighted by Crippen LogP contribution is -2.24. The first-order valence-electron chi connectivity index (χ1n) is 13.7. The average molecular weight is 523 g/mol. The van der Waals surface area contributed by atoms with Crippen molar-refractivity contribution in [2.45, 2.75) is 18.8 Å². The molecule has 6 aromatic carbocycles. The summed E-state index contributed by atoms with van der Waals surface area (Å²) in [5.41, 5.74) is 21.1. The Labute approximate surface area is 235 Å². The molecule has 0 saturated heterocycles. The van der Waals surface area contributed by atoms with Crippen molar-refractivity contribution in [2.75, 3.05) is 12.4 Å². The summed E-state index contributed by atoms with van der Waals surface area (Å²) >= 11 is 0. The molecule has 6 aromatic rings. The van der Waals surface area contributed by atoms with E-state index in [2.05, 4.69) is 138 Å². The molecule has 0 bridgehead atoms. The predicted molar refractivity (Wildman–Crippen MR) is 169 cm³/mol. The highest BCUT2D eigenvalue weighted by atomic mass is 15.0. The molecule has 0 aliphatic carbocycles. The van der Waals surface area contributed by atoms with Gasteiger partial charge in [-0.3, -0.25) is 0 Å². The fourth-order valence-corrected chi connectivity index (χ4v) is 5.54. The molecule has 0 amide bonds. The van der Waals surface area contributed by atoms with Crippen molar-refractivity contribution >= 4 is 27.2 Å². The minimum atomic E-state index is -0.273. The van der Waals surface area contributed by atoms with Gasteiger partial charge in [0.2, 0.25) is 0 Å². The lowest BCUT2D eigenvalue weighted by molar-refractivity contribution is 0.623. The molecule has 0 aromatic heterocycles. The summed E-state index contributed by atoms with van der Waals surface area (Å²) < 4.78 is 0. The van der Waals surface area contributed by atoms with Gasteiger partial charge in [0, 0.05) is 12.2 Å². The van der Waals surface area contributed by atoms with Crippen molar-refractivity contribution in [1.82, 2.24) is 5.32 Å². The van der Waals surface area contributed by atoms with Gasteiger partial charge in [0.1, 0.15) is 0 Å². The molecule has 0 radical (unpaired) electrons. The number of benzene rings is 6. The van der Waals surface area contributed by atoms with Crippen molar-refractivity contribution in [3.8, 4) is 11.1 Å². The van der Waals surface area contributed by atoms with Gasteiger partial charge in [0.15, 0.2) is 0 Å². The highest BCUT2D eigenvalue weighted by Crippen LogP contribution is 2.36. The monoisotopic (exact) mass is 522 g/mol. The number of nitrogens with one attached hydrogen (secondary N) is 2. The summed E-state index contributed by atoms with van der Waals surface area (Å²) in [7, 11) is 1.87. The van der Waals surface area contributed by atoms with Gasteiger partial charge in [0.05, 0.1) is 12.2 Å². The maximum atomic E-state index is 7.01. The average Bonchev–Trinajstić information content (AvgIpc) is 3.02. The summed E-state index contributed by atoms with van der Waals surface area (Å²) in [5.74, 6) is 0. The topological polar surface area (TPSA) is 76.1 Å². The zero-order chi connectivity index (χ0) is 27.5. The third-order valence-corrected chi connectivity index (χ3v) is 7.76. The molecule has 6 rings (SSSR count). The second-order valence-corrected chi connectivity index (χ2v) is 10.2. The molecule has 0 aliphatic heterocycles.